The summed E-state index contributed by atoms with van der Waals surface area (Å²) >= 11 is 0. The van der Waals surface area contributed by atoms with E-state index in [1.165, 1.54) is 16.9 Å². The fourth-order valence-corrected chi connectivity index (χ4v) is 3.78. The first-order valence-corrected chi connectivity index (χ1v) is 10.1. The van der Waals surface area contributed by atoms with Gasteiger partial charge in [0, 0.05) is 11.6 Å². The third kappa shape index (κ3) is 3.66. The number of benzene rings is 2. The number of carbonyl (C=O) groups is 1. The summed E-state index contributed by atoms with van der Waals surface area (Å²) in [4.78, 5) is 21.7. The standard InChI is InChI=1S/C23H20FN5O2/c1-14(26-23(30)21-16-7-3-2-6-15(16)10-11-31-21)22-27-20-12-19(25-13-29(20)28-22)17-8-4-5-9-18(17)24/h2-9,12-14,21H,10-11H2,1H3,(H,26,30)/t14-,21?/m0/s1. The van der Waals surface area contributed by atoms with E-state index < -0.39 is 12.1 Å². The normalized spacial score (nSPS) is 16.6. The second-order valence-corrected chi connectivity index (χ2v) is 7.46. The molecule has 31 heavy (non-hydrogen) atoms. The molecule has 1 aliphatic rings. The molecule has 2 atom stereocenters. The number of hydrogen-bond acceptors (Lipinski definition) is 5. The number of amides is 1. The maximum Gasteiger partial charge on any atom is 0.254 e. The molecule has 0 aliphatic carbocycles. The maximum atomic E-state index is 14.1. The first-order valence-electron chi connectivity index (χ1n) is 10.1. The van der Waals surface area contributed by atoms with E-state index in [0.717, 1.165) is 17.5 Å². The molecule has 5 rings (SSSR count). The van der Waals surface area contributed by atoms with Crippen LogP contribution in [0.4, 0.5) is 4.39 Å². The first-order chi connectivity index (χ1) is 15.1. The van der Waals surface area contributed by atoms with E-state index in [9.17, 15) is 9.18 Å². The molecule has 2 aromatic heterocycles. The second-order valence-electron chi connectivity index (χ2n) is 7.46. The Bertz CT molecular complexity index is 1270. The minimum Gasteiger partial charge on any atom is -0.363 e. The van der Waals surface area contributed by atoms with Gasteiger partial charge in [-0.2, -0.15) is 0 Å². The van der Waals surface area contributed by atoms with Crippen LogP contribution < -0.4 is 5.32 Å². The lowest BCUT2D eigenvalue weighted by Crippen LogP contribution is -2.35. The van der Waals surface area contributed by atoms with Crippen LogP contribution in [0, 0.1) is 5.82 Å². The summed E-state index contributed by atoms with van der Waals surface area (Å²) in [7, 11) is 0. The third-order valence-electron chi connectivity index (χ3n) is 5.37. The summed E-state index contributed by atoms with van der Waals surface area (Å²) < 4.78 is 21.3. The number of nitrogens with zero attached hydrogens (tertiary/aromatic N) is 4. The number of carbonyl (C=O) groups excluding carboxylic acids is 1. The third-order valence-corrected chi connectivity index (χ3v) is 5.37. The van der Waals surface area contributed by atoms with Crippen molar-refractivity contribution in [2.45, 2.75) is 25.5 Å². The van der Waals surface area contributed by atoms with Crippen LogP contribution in [0.25, 0.3) is 16.9 Å². The summed E-state index contributed by atoms with van der Waals surface area (Å²) in [6.45, 7) is 2.31. The summed E-state index contributed by atoms with van der Waals surface area (Å²) in [5.41, 5.74) is 3.39. The van der Waals surface area contributed by atoms with Crippen molar-refractivity contribution in [1.29, 1.82) is 0 Å². The predicted molar refractivity (Wildman–Crippen MR) is 112 cm³/mol. The molecule has 0 spiro atoms. The van der Waals surface area contributed by atoms with Crippen molar-refractivity contribution >= 4 is 11.6 Å². The number of ether oxygens (including phenoxy) is 1. The zero-order chi connectivity index (χ0) is 21.4. The lowest BCUT2D eigenvalue weighted by Gasteiger charge is -2.26. The van der Waals surface area contributed by atoms with Gasteiger partial charge in [0.25, 0.3) is 5.91 Å². The Morgan fingerprint density at radius 3 is 2.90 bits per heavy atom. The highest BCUT2D eigenvalue weighted by Gasteiger charge is 2.29. The molecule has 1 aliphatic heterocycles. The molecule has 3 heterocycles. The number of hydrogen-bond donors (Lipinski definition) is 1. The molecule has 1 unspecified atom stereocenters. The van der Waals surface area contributed by atoms with Gasteiger partial charge in [0.05, 0.1) is 18.3 Å². The predicted octanol–water partition coefficient (Wildman–Crippen LogP) is 3.42. The number of fused-ring (bicyclic) bond motifs is 2. The van der Waals surface area contributed by atoms with E-state index in [0.29, 0.717) is 29.3 Å². The molecule has 0 bridgehead atoms. The SMILES string of the molecule is C[C@H](NC(=O)C1OCCc2ccccc21)c1nc2cc(-c3ccccc3F)ncn2n1. The Morgan fingerprint density at radius 2 is 2.03 bits per heavy atom. The van der Waals surface area contributed by atoms with Gasteiger partial charge in [0.15, 0.2) is 17.6 Å². The summed E-state index contributed by atoms with van der Waals surface area (Å²) in [6.07, 6.45) is 1.63. The Hall–Kier alpha value is -3.65. The topological polar surface area (TPSA) is 81.4 Å². The van der Waals surface area contributed by atoms with Crippen molar-refractivity contribution in [3.63, 3.8) is 0 Å². The van der Waals surface area contributed by atoms with Crippen LogP contribution >= 0.6 is 0 Å². The van der Waals surface area contributed by atoms with Crippen LogP contribution in [0.1, 0.15) is 36.0 Å². The van der Waals surface area contributed by atoms with E-state index in [-0.39, 0.29) is 11.7 Å². The molecule has 7 nitrogen and oxygen atoms in total. The lowest BCUT2D eigenvalue weighted by atomic mass is 9.97. The van der Waals surface area contributed by atoms with E-state index in [1.807, 2.05) is 31.2 Å². The molecular formula is C23H20FN5O2. The van der Waals surface area contributed by atoms with Gasteiger partial charge >= 0.3 is 0 Å². The quantitative estimate of drug-likeness (QED) is 0.550. The van der Waals surface area contributed by atoms with Gasteiger partial charge in [0.2, 0.25) is 0 Å². The summed E-state index contributed by atoms with van der Waals surface area (Å²) in [6, 6.07) is 15.5. The lowest BCUT2D eigenvalue weighted by molar-refractivity contribution is -0.134. The number of rotatable bonds is 4. The fourth-order valence-electron chi connectivity index (χ4n) is 3.78. The van der Waals surface area contributed by atoms with Crippen LogP contribution in [0.3, 0.4) is 0 Å². The van der Waals surface area contributed by atoms with Crippen LogP contribution in [0.5, 0.6) is 0 Å². The molecule has 0 saturated carbocycles. The summed E-state index contributed by atoms with van der Waals surface area (Å²) in [5, 5.41) is 7.35. The zero-order valence-electron chi connectivity index (χ0n) is 16.8. The molecule has 0 saturated heterocycles. The molecule has 0 radical (unpaired) electrons. The van der Waals surface area contributed by atoms with Crippen LogP contribution in [-0.4, -0.2) is 32.1 Å². The van der Waals surface area contributed by atoms with Crippen molar-refractivity contribution in [2.75, 3.05) is 6.61 Å². The molecule has 1 N–H and O–H groups in total. The van der Waals surface area contributed by atoms with Gasteiger partial charge in [0.1, 0.15) is 12.1 Å². The largest absolute Gasteiger partial charge is 0.363 e. The van der Waals surface area contributed by atoms with Gasteiger partial charge in [-0.15, -0.1) is 5.10 Å². The Labute approximate surface area is 177 Å². The average molecular weight is 417 g/mol. The van der Waals surface area contributed by atoms with E-state index in [2.05, 4.69) is 20.4 Å². The van der Waals surface area contributed by atoms with Crippen LogP contribution in [0.2, 0.25) is 0 Å². The van der Waals surface area contributed by atoms with Crippen molar-refractivity contribution in [3.05, 3.63) is 83.7 Å². The molecule has 2 aromatic carbocycles. The number of nitrogens with one attached hydrogen (secondary N) is 1. The highest BCUT2D eigenvalue weighted by atomic mass is 19.1. The molecule has 0 fully saturated rings. The van der Waals surface area contributed by atoms with Crippen molar-refractivity contribution in [3.8, 4) is 11.3 Å². The molecule has 4 aromatic rings. The molecule has 8 heteroatoms. The Morgan fingerprint density at radius 1 is 1.23 bits per heavy atom. The smallest absolute Gasteiger partial charge is 0.254 e. The van der Waals surface area contributed by atoms with E-state index in [1.54, 1.807) is 24.3 Å². The summed E-state index contributed by atoms with van der Waals surface area (Å²) in [5.74, 6) is -0.152. The molecular weight excluding hydrogens is 397 g/mol. The van der Waals surface area contributed by atoms with Gasteiger partial charge in [-0.25, -0.2) is 18.9 Å². The molecule has 156 valence electrons. The Balaban J connectivity index is 1.37. The van der Waals surface area contributed by atoms with Crippen molar-refractivity contribution in [2.24, 2.45) is 0 Å². The molecule has 1 amide bonds. The maximum absolute atomic E-state index is 14.1. The number of halogens is 1. The monoisotopic (exact) mass is 417 g/mol. The van der Waals surface area contributed by atoms with Gasteiger partial charge in [-0.3, -0.25) is 4.79 Å². The van der Waals surface area contributed by atoms with Gasteiger partial charge in [-0.05, 0) is 36.6 Å². The van der Waals surface area contributed by atoms with E-state index >= 15 is 0 Å². The zero-order valence-corrected chi connectivity index (χ0v) is 16.8. The Kier molecular flexibility index (Phi) is 4.91. The first kappa shape index (κ1) is 19.3. The average Bonchev–Trinajstić information content (AvgIpc) is 3.22. The number of aromatic nitrogens is 4. The second kappa shape index (κ2) is 7.88. The highest BCUT2D eigenvalue weighted by Crippen LogP contribution is 2.28. The van der Waals surface area contributed by atoms with Crippen molar-refractivity contribution in [1.82, 2.24) is 24.9 Å². The minimum atomic E-state index is -0.654. The minimum absolute atomic E-state index is 0.233. The fraction of sp³-hybridized carbons (Fsp3) is 0.217. The van der Waals surface area contributed by atoms with Gasteiger partial charge in [-0.1, -0.05) is 36.4 Å². The van der Waals surface area contributed by atoms with Gasteiger partial charge < -0.3 is 10.1 Å². The van der Waals surface area contributed by atoms with E-state index in [4.69, 9.17) is 4.74 Å². The highest BCUT2D eigenvalue weighted by molar-refractivity contribution is 5.83. The van der Waals surface area contributed by atoms with Crippen LogP contribution in [-0.2, 0) is 16.0 Å². The van der Waals surface area contributed by atoms with Crippen molar-refractivity contribution < 1.29 is 13.9 Å². The van der Waals surface area contributed by atoms with Crippen LogP contribution in [0.15, 0.2) is 60.9 Å².